The third-order valence-electron chi connectivity index (χ3n) is 2.91. The van der Waals surface area contributed by atoms with Crippen LogP contribution in [0, 0.1) is 0 Å². The van der Waals surface area contributed by atoms with Crippen molar-refractivity contribution in [2.45, 2.75) is 33.0 Å². The van der Waals surface area contributed by atoms with Crippen LogP contribution in [0.4, 0.5) is 0 Å². The van der Waals surface area contributed by atoms with Gasteiger partial charge in [-0.05, 0) is 19.1 Å². The Morgan fingerprint density at radius 3 is 2.62 bits per heavy atom. The molecule has 0 fully saturated rings. The van der Waals surface area contributed by atoms with E-state index >= 15 is 0 Å². The second-order valence-corrected chi connectivity index (χ2v) is 4.46. The van der Waals surface area contributed by atoms with Gasteiger partial charge in [0, 0.05) is 31.9 Å². The van der Waals surface area contributed by atoms with Crippen LogP contribution in [-0.2, 0) is 24.4 Å². The number of carboxylic acids is 1. The molecule has 21 heavy (non-hydrogen) atoms. The number of aromatic carboxylic acids is 1. The van der Waals surface area contributed by atoms with Crippen LogP contribution in [0.25, 0.3) is 0 Å². The van der Waals surface area contributed by atoms with E-state index in [1.807, 2.05) is 19.2 Å². The molecule has 2 N–H and O–H groups in total. The van der Waals surface area contributed by atoms with Gasteiger partial charge in [-0.25, -0.2) is 4.79 Å². The number of rotatable bonds is 7. The maximum Gasteiger partial charge on any atom is 0.356 e. The Kier molecular flexibility index (Phi) is 4.70. The number of hydrogen-bond acceptors (Lipinski definition) is 4. The molecule has 2 rings (SSSR count). The molecule has 0 atom stereocenters. The molecule has 0 aliphatic rings. The van der Waals surface area contributed by atoms with Crippen molar-refractivity contribution in [1.82, 2.24) is 24.9 Å². The lowest BCUT2D eigenvalue weighted by atomic mass is 10.3. The minimum absolute atomic E-state index is 0.0273. The Hall–Kier alpha value is -2.64. The molecule has 0 saturated heterocycles. The van der Waals surface area contributed by atoms with Gasteiger partial charge in [-0.15, -0.1) is 0 Å². The molecule has 0 spiro atoms. The van der Waals surface area contributed by atoms with E-state index in [0.717, 1.165) is 12.2 Å². The molecule has 2 aromatic rings. The van der Waals surface area contributed by atoms with E-state index < -0.39 is 5.97 Å². The average Bonchev–Trinajstić information content (AvgIpc) is 3.11. The topological polar surface area (TPSA) is 102 Å². The molecule has 8 nitrogen and oxygen atoms in total. The number of carboxylic acid groups (broad SMARTS) is 1. The van der Waals surface area contributed by atoms with E-state index in [1.165, 1.54) is 10.7 Å². The maximum absolute atomic E-state index is 11.7. The van der Waals surface area contributed by atoms with Gasteiger partial charge in [-0.3, -0.25) is 14.2 Å². The van der Waals surface area contributed by atoms with Crippen molar-refractivity contribution in [1.29, 1.82) is 0 Å². The Morgan fingerprint density at radius 2 is 2.00 bits per heavy atom. The van der Waals surface area contributed by atoms with Crippen LogP contribution in [0.15, 0.2) is 24.5 Å². The molecule has 0 radical (unpaired) electrons. The van der Waals surface area contributed by atoms with Gasteiger partial charge < -0.3 is 10.4 Å². The highest BCUT2D eigenvalue weighted by molar-refractivity contribution is 5.85. The number of nitrogens with zero attached hydrogens (tertiary/aromatic N) is 4. The van der Waals surface area contributed by atoms with Crippen LogP contribution < -0.4 is 5.32 Å². The van der Waals surface area contributed by atoms with E-state index in [4.69, 9.17) is 5.11 Å². The standard InChI is InChI=1S/C13H17N5O3/c1-2-17-6-3-10(15-17)9-14-12(19)5-8-18-7-4-11(16-18)13(20)21/h3-4,6-7H,2,5,8-9H2,1H3,(H,14,19)(H,20,21). The van der Waals surface area contributed by atoms with Crippen molar-refractivity contribution < 1.29 is 14.7 Å². The van der Waals surface area contributed by atoms with E-state index in [1.54, 1.807) is 10.9 Å². The van der Waals surface area contributed by atoms with Crippen LogP contribution in [0.1, 0.15) is 29.5 Å². The maximum atomic E-state index is 11.7. The first-order chi connectivity index (χ1) is 10.1. The lowest BCUT2D eigenvalue weighted by molar-refractivity contribution is -0.121. The first-order valence-electron chi connectivity index (χ1n) is 6.64. The number of aromatic nitrogens is 4. The molecule has 112 valence electrons. The molecular formula is C13H17N5O3. The average molecular weight is 291 g/mol. The van der Waals surface area contributed by atoms with Gasteiger partial charge in [0.2, 0.25) is 5.91 Å². The molecular weight excluding hydrogens is 274 g/mol. The van der Waals surface area contributed by atoms with Gasteiger partial charge in [0.15, 0.2) is 5.69 Å². The number of carbonyl (C=O) groups is 2. The van der Waals surface area contributed by atoms with Gasteiger partial charge in [-0.1, -0.05) is 0 Å². The van der Waals surface area contributed by atoms with Crippen LogP contribution >= 0.6 is 0 Å². The Balaban J connectivity index is 1.75. The quantitative estimate of drug-likeness (QED) is 0.773. The predicted octanol–water partition coefficient (Wildman–Crippen LogP) is 0.504. The van der Waals surface area contributed by atoms with Crippen LogP contribution in [0.2, 0.25) is 0 Å². The first kappa shape index (κ1) is 14.8. The molecule has 0 unspecified atom stereocenters. The monoisotopic (exact) mass is 291 g/mol. The van der Waals surface area contributed by atoms with Crippen molar-refractivity contribution in [2.75, 3.05) is 0 Å². The van der Waals surface area contributed by atoms with E-state index in [0.29, 0.717) is 13.1 Å². The van der Waals surface area contributed by atoms with Crippen molar-refractivity contribution in [3.63, 3.8) is 0 Å². The van der Waals surface area contributed by atoms with Gasteiger partial charge >= 0.3 is 5.97 Å². The summed E-state index contributed by atoms with van der Waals surface area (Å²) in [5.41, 5.74) is 0.776. The third-order valence-corrected chi connectivity index (χ3v) is 2.91. The smallest absolute Gasteiger partial charge is 0.356 e. The van der Waals surface area contributed by atoms with Crippen molar-refractivity contribution in [3.8, 4) is 0 Å². The zero-order valence-electron chi connectivity index (χ0n) is 11.7. The minimum Gasteiger partial charge on any atom is -0.476 e. The zero-order valence-corrected chi connectivity index (χ0v) is 11.7. The molecule has 1 amide bonds. The Labute approximate surface area is 121 Å². The second-order valence-electron chi connectivity index (χ2n) is 4.46. The molecule has 8 heteroatoms. The molecule has 0 bridgehead atoms. The van der Waals surface area contributed by atoms with Gasteiger partial charge in [0.1, 0.15) is 0 Å². The third kappa shape index (κ3) is 4.16. The highest BCUT2D eigenvalue weighted by Gasteiger charge is 2.08. The number of carbonyl (C=O) groups excluding carboxylic acids is 1. The molecule has 0 saturated carbocycles. The summed E-state index contributed by atoms with van der Waals surface area (Å²) in [6.07, 6.45) is 3.63. The number of amides is 1. The fourth-order valence-corrected chi connectivity index (χ4v) is 1.77. The lowest BCUT2D eigenvalue weighted by Crippen LogP contribution is -2.24. The lowest BCUT2D eigenvalue weighted by Gasteiger charge is -2.03. The Morgan fingerprint density at radius 1 is 1.24 bits per heavy atom. The van der Waals surface area contributed by atoms with Gasteiger partial charge in [0.25, 0.3) is 0 Å². The summed E-state index contributed by atoms with van der Waals surface area (Å²) in [7, 11) is 0. The summed E-state index contributed by atoms with van der Waals surface area (Å²) in [6, 6.07) is 3.26. The number of hydrogen-bond donors (Lipinski definition) is 2. The van der Waals surface area contributed by atoms with Crippen molar-refractivity contribution in [2.24, 2.45) is 0 Å². The van der Waals surface area contributed by atoms with Crippen LogP contribution in [0.3, 0.4) is 0 Å². The molecule has 2 heterocycles. The number of aryl methyl sites for hydroxylation is 2. The SMILES string of the molecule is CCn1ccc(CNC(=O)CCn2ccc(C(=O)O)n2)n1. The van der Waals surface area contributed by atoms with Gasteiger partial charge in [-0.2, -0.15) is 10.2 Å². The molecule has 0 aliphatic carbocycles. The normalized spacial score (nSPS) is 10.5. The number of nitrogens with one attached hydrogen (secondary N) is 1. The van der Waals surface area contributed by atoms with Crippen LogP contribution in [-0.4, -0.2) is 36.5 Å². The second kappa shape index (κ2) is 6.69. The highest BCUT2D eigenvalue weighted by Crippen LogP contribution is 1.98. The molecule has 0 aromatic carbocycles. The summed E-state index contributed by atoms with van der Waals surface area (Å²) in [6.45, 7) is 3.50. The minimum atomic E-state index is -1.08. The van der Waals surface area contributed by atoms with E-state index in [-0.39, 0.29) is 18.0 Å². The summed E-state index contributed by atoms with van der Waals surface area (Å²) < 4.78 is 3.23. The fourth-order valence-electron chi connectivity index (χ4n) is 1.77. The molecule has 0 aliphatic heterocycles. The highest BCUT2D eigenvalue weighted by atomic mass is 16.4. The fraction of sp³-hybridized carbons (Fsp3) is 0.385. The predicted molar refractivity (Wildman–Crippen MR) is 73.6 cm³/mol. The molecule has 2 aromatic heterocycles. The zero-order chi connectivity index (χ0) is 15.2. The van der Waals surface area contributed by atoms with E-state index in [9.17, 15) is 9.59 Å². The van der Waals surface area contributed by atoms with Crippen molar-refractivity contribution in [3.05, 3.63) is 35.9 Å². The van der Waals surface area contributed by atoms with Crippen LogP contribution in [0.5, 0.6) is 0 Å². The summed E-state index contributed by atoms with van der Waals surface area (Å²) in [4.78, 5) is 22.4. The summed E-state index contributed by atoms with van der Waals surface area (Å²) in [5.74, 6) is -1.21. The van der Waals surface area contributed by atoms with Crippen molar-refractivity contribution >= 4 is 11.9 Å². The summed E-state index contributed by atoms with van der Waals surface area (Å²) >= 11 is 0. The summed E-state index contributed by atoms with van der Waals surface area (Å²) in [5, 5.41) is 19.6. The Bertz CT molecular complexity index is 631. The first-order valence-corrected chi connectivity index (χ1v) is 6.64. The van der Waals surface area contributed by atoms with E-state index in [2.05, 4.69) is 15.5 Å². The largest absolute Gasteiger partial charge is 0.476 e. The van der Waals surface area contributed by atoms with Gasteiger partial charge in [0.05, 0.1) is 12.2 Å².